The summed E-state index contributed by atoms with van der Waals surface area (Å²) in [6, 6.07) is 10.8. The lowest BCUT2D eigenvalue weighted by Crippen LogP contribution is -1.82. The predicted octanol–water partition coefficient (Wildman–Crippen LogP) is 3.33. The smallest absolute Gasteiger partial charge is 0.0636 e. The third-order valence-electron chi connectivity index (χ3n) is 1.96. The van der Waals surface area contributed by atoms with Gasteiger partial charge in [-0.05, 0) is 17.2 Å². The Labute approximate surface area is 88.4 Å². The highest BCUT2D eigenvalue weighted by atomic mass is 14.0. The van der Waals surface area contributed by atoms with E-state index in [2.05, 4.69) is 5.92 Å². The first-order chi connectivity index (χ1) is 8.11. The van der Waals surface area contributed by atoms with Gasteiger partial charge < -0.3 is 0 Å². The lowest BCUT2D eigenvalue weighted by Gasteiger charge is -2.03. The van der Waals surface area contributed by atoms with Gasteiger partial charge in [0, 0.05) is 5.56 Å². The van der Waals surface area contributed by atoms with E-state index < -0.39 is 0 Å². The third kappa shape index (κ3) is 1.53. The zero-order valence-electron chi connectivity index (χ0n) is 10.5. The second-order valence-corrected chi connectivity index (χ2v) is 2.82. The Morgan fingerprint density at radius 2 is 1.86 bits per heavy atom. The highest BCUT2D eigenvalue weighted by molar-refractivity contribution is 5.70. The maximum absolute atomic E-state index is 7.73. The van der Waals surface area contributed by atoms with Crippen LogP contribution in [0.25, 0.3) is 11.1 Å². The van der Waals surface area contributed by atoms with Gasteiger partial charge in [0.2, 0.25) is 0 Å². The summed E-state index contributed by atoms with van der Waals surface area (Å²) in [5, 5.41) is 0. The second-order valence-electron chi connectivity index (χ2n) is 2.82. The molecule has 0 heterocycles. The van der Waals surface area contributed by atoms with Crippen LogP contribution in [0.1, 0.15) is 9.68 Å². The molecule has 0 aromatic heterocycles. The molecule has 0 aliphatic heterocycles. The molecular formula is C14H10. The molecule has 0 nitrogen and oxygen atoms in total. The molecule has 2 aromatic carbocycles. The number of terminal acetylenes is 1. The van der Waals surface area contributed by atoms with Crippen molar-refractivity contribution in [2.24, 2.45) is 0 Å². The Morgan fingerprint density at radius 3 is 2.57 bits per heavy atom. The SMILES string of the molecule is [2H]c1cc([2H])cc(-c2cccc([2H])c2C#C)c1. The van der Waals surface area contributed by atoms with Crippen LogP contribution < -0.4 is 0 Å². The maximum atomic E-state index is 7.73. The van der Waals surface area contributed by atoms with Gasteiger partial charge in [-0.2, -0.15) is 0 Å². The summed E-state index contributed by atoms with van der Waals surface area (Å²) in [7, 11) is 0. The van der Waals surface area contributed by atoms with E-state index in [0.717, 1.165) is 5.56 Å². The topological polar surface area (TPSA) is 0 Å². The fourth-order valence-electron chi connectivity index (χ4n) is 1.31. The van der Waals surface area contributed by atoms with Crippen LogP contribution in [0, 0.1) is 12.3 Å². The van der Waals surface area contributed by atoms with Crippen molar-refractivity contribution in [1.82, 2.24) is 0 Å². The molecule has 0 amide bonds. The van der Waals surface area contributed by atoms with Gasteiger partial charge in [0.05, 0.1) is 4.11 Å². The molecule has 0 unspecified atom stereocenters. The van der Waals surface area contributed by atoms with E-state index in [9.17, 15) is 0 Å². The largest absolute Gasteiger partial charge is 0.115 e. The summed E-state index contributed by atoms with van der Waals surface area (Å²) >= 11 is 0. The van der Waals surface area contributed by atoms with Gasteiger partial charge in [0.15, 0.2) is 0 Å². The molecule has 0 spiro atoms. The van der Waals surface area contributed by atoms with Gasteiger partial charge in [-0.25, -0.2) is 0 Å². The summed E-state index contributed by atoms with van der Waals surface area (Å²) < 4.78 is 22.9. The van der Waals surface area contributed by atoms with Crippen molar-refractivity contribution in [3.63, 3.8) is 0 Å². The summed E-state index contributed by atoms with van der Waals surface area (Å²) in [5.41, 5.74) is 1.93. The van der Waals surface area contributed by atoms with Gasteiger partial charge in [-0.3, -0.25) is 0 Å². The molecule has 2 aromatic rings. The van der Waals surface area contributed by atoms with Crippen LogP contribution in [0.15, 0.2) is 54.5 Å². The van der Waals surface area contributed by atoms with Gasteiger partial charge in [-0.15, -0.1) is 6.42 Å². The molecule has 0 saturated heterocycles. The maximum Gasteiger partial charge on any atom is 0.0636 e. The third-order valence-corrected chi connectivity index (χ3v) is 1.96. The Morgan fingerprint density at radius 1 is 1.07 bits per heavy atom. The minimum absolute atomic E-state index is 0.269. The molecule has 0 bridgehead atoms. The molecule has 2 rings (SSSR count). The molecule has 0 aliphatic rings. The molecular weight excluding hydrogens is 168 g/mol. The van der Waals surface area contributed by atoms with E-state index in [1.807, 2.05) is 0 Å². The Balaban J connectivity index is 2.69. The van der Waals surface area contributed by atoms with E-state index in [1.54, 1.807) is 30.3 Å². The molecule has 14 heavy (non-hydrogen) atoms. The van der Waals surface area contributed by atoms with E-state index in [-0.39, 0.29) is 18.1 Å². The van der Waals surface area contributed by atoms with E-state index >= 15 is 0 Å². The van der Waals surface area contributed by atoms with Gasteiger partial charge in [0.1, 0.15) is 0 Å². The van der Waals surface area contributed by atoms with Gasteiger partial charge in [-0.1, -0.05) is 54.4 Å². The van der Waals surface area contributed by atoms with Gasteiger partial charge >= 0.3 is 0 Å². The molecule has 0 fully saturated rings. The van der Waals surface area contributed by atoms with Crippen molar-refractivity contribution < 1.29 is 4.11 Å². The minimum Gasteiger partial charge on any atom is -0.115 e. The first-order valence-corrected chi connectivity index (χ1v) is 4.26. The van der Waals surface area contributed by atoms with Crippen LogP contribution in [0.3, 0.4) is 0 Å². The highest BCUT2D eigenvalue weighted by Crippen LogP contribution is 2.22. The van der Waals surface area contributed by atoms with E-state index in [0.29, 0.717) is 11.1 Å². The number of rotatable bonds is 1. The van der Waals surface area contributed by atoms with Gasteiger partial charge in [0.25, 0.3) is 0 Å². The fraction of sp³-hybridized carbons (Fsp3) is 0. The molecule has 0 radical (unpaired) electrons. The number of hydrogen-bond donors (Lipinski definition) is 0. The monoisotopic (exact) mass is 181 g/mol. The van der Waals surface area contributed by atoms with Crippen LogP contribution in [-0.2, 0) is 0 Å². The zero-order valence-corrected chi connectivity index (χ0v) is 7.54. The van der Waals surface area contributed by atoms with Crippen LogP contribution in [0.2, 0.25) is 0 Å². The average molecular weight is 181 g/mol. The second kappa shape index (κ2) is 3.81. The molecule has 0 heteroatoms. The summed E-state index contributed by atoms with van der Waals surface area (Å²) in [6.07, 6.45) is 5.40. The van der Waals surface area contributed by atoms with Crippen molar-refractivity contribution >= 4 is 0 Å². The summed E-state index contributed by atoms with van der Waals surface area (Å²) in [5.74, 6) is 2.49. The van der Waals surface area contributed by atoms with E-state index in [4.69, 9.17) is 10.5 Å². The van der Waals surface area contributed by atoms with Crippen LogP contribution >= 0.6 is 0 Å². The van der Waals surface area contributed by atoms with Crippen molar-refractivity contribution in [2.75, 3.05) is 0 Å². The first-order valence-electron chi connectivity index (χ1n) is 5.76. The van der Waals surface area contributed by atoms with Crippen molar-refractivity contribution in [3.8, 4) is 23.5 Å². The molecule has 0 saturated carbocycles. The number of benzene rings is 2. The van der Waals surface area contributed by atoms with Crippen molar-refractivity contribution in [3.05, 3.63) is 60.1 Å². The summed E-state index contributed by atoms with van der Waals surface area (Å²) in [4.78, 5) is 0. The average Bonchev–Trinajstić information content (AvgIpc) is 2.27. The lowest BCUT2D eigenvalue weighted by atomic mass is 10.0. The van der Waals surface area contributed by atoms with Crippen LogP contribution in [0.4, 0.5) is 0 Å². The zero-order chi connectivity index (χ0) is 12.4. The predicted molar refractivity (Wildman–Crippen MR) is 59.8 cm³/mol. The van der Waals surface area contributed by atoms with Crippen LogP contribution in [-0.4, -0.2) is 0 Å². The first kappa shape index (κ1) is 5.67. The van der Waals surface area contributed by atoms with Crippen molar-refractivity contribution in [2.45, 2.75) is 0 Å². The standard InChI is InChI=1S/C14H10/c1-2-12-8-6-7-11-14(12)13-9-4-3-5-10-13/h1,3-11H/i4D,5D,8D. The molecule has 0 N–H and O–H groups in total. The molecule has 0 aliphatic carbocycles. The normalized spacial score (nSPS) is 12.4. The Bertz CT molecular complexity index is 589. The molecule has 66 valence electrons. The van der Waals surface area contributed by atoms with Crippen molar-refractivity contribution in [1.29, 1.82) is 0 Å². The molecule has 0 atom stereocenters. The Hall–Kier alpha value is -2.00. The highest BCUT2D eigenvalue weighted by Gasteiger charge is 1.99. The summed E-state index contributed by atoms with van der Waals surface area (Å²) in [6.45, 7) is 0. The Kier molecular flexibility index (Phi) is 1.54. The van der Waals surface area contributed by atoms with Crippen LogP contribution in [0.5, 0.6) is 0 Å². The minimum atomic E-state index is 0.269. The fourth-order valence-corrected chi connectivity index (χ4v) is 1.31. The quantitative estimate of drug-likeness (QED) is 0.592. The van der Waals surface area contributed by atoms with E-state index in [1.165, 1.54) is 6.07 Å². The lowest BCUT2D eigenvalue weighted by molar-refractivity contribution is 1.59. The number of hydrogen-bond acceptors (Lipinski definition) is 0.